The zero-order valence-electron chi connectivity index (χ0n) is 11.8. The number of β-amino-alcohol motifs (C(OH)–C–C–N with tert-alkyl or cyclic N) is 1. The summed E-state index contributed by atoms with van der Waals surface area (Å²) < 4.78 is 0. The topological polar surface area (TPSA) is 98.7 Å². The second-order valence-corrected chi connectivity index (χ2v) is 5.14. The van der Waals surface area contributed by atoms with Gasteiger partial charge in [-0.3, -0.25) is 19.3 Å². The number of hydrogen-bond acceptors (Lipinski definition) is 5. The second kappa shape index (κ2) is 5.61. The highest BCUT2D eigenvalue weighted by Crippen LogP contribution is 2.22. The predicted molar refractivity (Wildman–Crippen MR) is 77.5 cm³/mol. The molecule has 7 nitrogen and oxygen atoms in total. The molecule has 0 fully saturated rings. The number of anilines is 1. The molecule has 114 valence electrons. The monoisotopic (exact) mass is 301 g/mol. The summed E-state index contributed by atoms with van der Waals surface area (Å²) >= 11 is 0. The molecule has 3 amide bonds. The molecule has 0 saturated heterocycles. The quantitative estimate of drug-likeness (QED) is 0.652. The number of aliphatic hydroxyl groups excluding tert-OH is 1. The van der Waals surface area contributed by atoms with E-state index in [0.717, 1.165) is 16.0 Å². The number of amides is 3. The van der Waals surface area contributed by atoms with E-state index in [0.29, 0.717) is 18.7 Å². The first-order valence-electron chi connectivity index (χ1n) is 6.92. The highest BCUT2D eigenvalue weighted by molar-refractivity contribution is 6.17. The van der Waals surface area contributed by atoms with Crippen molar-refractivity contribution in [2.75, 3.05) is 18.5 Å². The van der Waals surface area contributed by atoms with Gasteiger partial charge in [-0.25, -0.2) is 0 Å². The molecule has 22 heavy (non-hydrogen) atoms. The van der Waals surface area contributed by atoms with E-state index < -0.39 is 11.8 Å². The molecule has 0 aromatic heterocycles. The summed E-state index contributed by atoms with van der Waals surface area (Å²) in [6, 6.07) is 5.48. The van der Waals surface area contributed by atoms with E-state index in [2.05, 4.69) is 10.6 Å². The Balaban J connectivity index is 1.78. The average Bonchev–Trinajstić information content (AvgIpc) is 2.75. The number of nitrogens with one attached hydrogen (secondary N) is 2. The van der Waals surface area contributed by atoms with E-state index in [1.54, 1.807) is 12.1 Å². The number of carbonyl (C=O) groups excluding carboxylic acids is 3. The largest absolute Gasteiger partial charge is 0.395 e. The third-order valence-corrected chi connectivity index (χ3v) is 3.65. The first kappa shape index (κ1) is 14.3. The van der Waals surface area contributed by atoms with Crippen molar-refractivity contribution in [3.05, 3.63) is 41.1 Å². The molecule has 7 heteroatoms. The summed E-state index contributed by atoms with van der Waals surface area (Å²) in [5.41, 5.74) is 2.75. The van der Waals surface area contributed by atoms with Gasteiger partial charge in [-0.05, 0) is 23.3 Å². The highest BCUT2D eigenvalue weighted by atomic mass is 16.3. The number of rotatable bonds is 4. The lowest BCUT2D eigenvalue weighted by Gasteiger charge is -2.18. The molecule has 0 saturated carbocycles. The van der Waals surface area contributed by atoms with E-state index in [-0.39, 0.29) is 24.8 Å². The third-order valence-electron chi connectivity index (χ3n) is 3.65. The maximum absolute atomic E-state index is 12.1. The van der Waals surface area contributed by atoms with Gasteiger partial charge < -0.3 is 15.7 Å². The second-order valence-electron chi connectivity index (χ2n) is 5.14. The molecule has 0 atom stereocenters. The van der Waals surface area contributed by atoms with Crippen LogP contribution in [0, 0.1) is 0 Å². The van der Waals surface area contributed by atoms with Crippen molar-refractivity contribution in [3.8, 4) is 0 Å². The molecule has 0 unspecified atom stereocenters. The van der Waals surface area contributed by atoms with Crippen LogP contribution in [-0.4, -0.2) is 40.9 Å². The summed E-state index contributed by atoms with van der Waals surface area (Å²) in [5, 5.41) is 14.5. The zero-order chi connectivity index (χ0) is 15.7. The Morgan fingerprint density at radius 2 is 2.05 bits per heavy atom. The number of aliphatic hydroxyl groups is 1. The van der Waals surface area contributed by atoms with Gasteiger partial charge in [0.2, 0.25) is 5.91 Å². The Morgan fingerprint density at radius 1 is 1.23 bits per heavy atom. The maximum Gasteiger partial charge on any atom is 0.277 e. The minimum Gasteiger partial charge on any atom is -0.395 e. The molecular formula is C15H15N3O4. The van der Waals surface area contributed by atoms with Gasteiger partial charge >= 0.3 is 0 Å². The molecule has 3 N–H and O–H groups in total. The van der Waals surface area contributed by atoms with Gasteiger partial charge in [-0.1, -0.05) is 6.07 Å². The maximum atomic E-state index is 12.1. The van der Waals surface area contributed by atoms with Crippen LogP contribution < -0.4 is 10.6 Å². The van der Waals surface area contributed by atoms with Crippen LogP contribution in [0.15, 0.2) is 30.0 Å². The fourth-order valence-corrected chi connectivity index (χ4v) is 2.54. The van der Waals surface area contributed by atoms with Gasteiger partial charge in [0, 0.05) is 18.3 Å². The van der Waals surface area contributed by atoms with Crippen molar-refractivity contribution in [1.82, 2.24) is 10.2 Å². The molecule has 0 radical (unpaired) electrons. The number of imide groups is 1. The molecule has 3 rings (SSSR count). The van der Waals surface area contributed by atoms with Crippen molar-refractivity contribution in [1.29, 1.82) is 0 Å². The summed E-state index contributed by atoms with van der Waals surface area (Å²) in [6.07, 6.45) is 1.51. The Bertz CT molecular complexity index is 696. The van der Waals surface area contributed by atoms with Gasteiger partial charge in [0.05, 0.1) is 19.6 Å². The molecule has 2 aliphatic rings. The van der Waals surface area contributed by atoms with E-state index in [1.165, 1.54) is 6.08 Å². The third kappa shape index (κ3) is 2.58. The normalized spacial score (nSPS) is 17.2. The molecule has 2 heterocycles. The van der Waals surface area contributed by atoms with Crippen LogP contribution >= 0.6 is 0 Å². The first-order chi connectivity index (χ1) is 10.6. The number of carbonyl (C=O) groups is 3. The van der Waals surface area contributed by atoms with Crippen LogP contribution in [0.4, 0.5) is 5.69 Å². The van der Waals surface area contributed by atoms with Crippen LogP contribution in [0.3, 0.4) is 0 Å². The Morgan fingerprint density at radius 3 is 2.82 bits per heavy atom. The van der Waals surface area contributed by atoms with Crippen LogP contribution in [0.5, 0.6) is 0 Å². The summed E-state index contributed by atoms with van der Waals surface area (Å²) in [5.74, 6) is -0.946. The van der Waals surface area contributed by atoms with Gasteiger partial charge in [-0.2, -0.15) is 0 Å². The van der Waals surface area contributed by atoms with Gasteiger partial charge in [0.15, 0.2) is 0 Å². The van der Waals surface area contributed by atoms with Crippen molar-refractivity contribution in [3.63, 3.8) is 0 Å². The molecule has 0 bridgehead atoms. The Hall–Kier alpha value is -2.67. The SMILES string of the molecule is O=C1Cc2cc(NC3=CC(=O)N(CCO)C3=O)ccc2CN1. The zero-order valence-corrected chi connectivity index (χ0v) is 11.8. The molecule has 1 aromatic carbocycles. The lowest BCUT2D eigenvalue weighted by Crippen LogP contribution is -2.34. The van der Waals surface area contributed by atoms with Crippen LogP contribution in [-0.2, 0) is 27.3 Å². The smallest absolute Gasteiger partial charge is 0.277 e. The summed E-state index contributed by atoms with van der Waals surface area (Å²) in [6.45, 7) is 0.203. The van der Waals surface area contributed by atoms with Crippen molar-refractivity contribution in [2.45, 2.75) is 13.0 Å². The fourth-order valence-electron chi connectivity index (χ4n) is 2.54. The molecule has 2 aliphatic heterocycles. The molecule has 0 aliphatic carbocycles. The van der Waals surface area contributed by atoms with Gasteiger partial charge in [0.1, 0.15) is 5.70 Å². The molecule has 0 spiro atoms. The lowest BCUT2D eigenvalue weighted by molar-refractivity contribution is -0.137. The van der Waals surface area contributed by atoms with E-state index in [9.17, 15) is 14.4 Å². The first-order valence-corrected chi connectivity index (χ1v) is 6.92. The summed E-state index contributed by atoms with van der Waals surface area (Å²) in [4.78, 5) is 36.1. The van der Waals surface area contributed by atoms with Crippen LogP contribution in [0.25, 0.3) is 0 Å². The van der Waals surface area contributed by atoms with E-state index in [4.69, 9.17) is 5.11 Å². The number of hydrogen-bond donors (Lipinski definition) is 3. The number of fused-ring (bicyclic) bond motifs is 1. The van der Waals surface area contributed by atoms with Crippen LogP contribution in [0.1, 0.15) is 11.1 Å². The van der Waals surface area contributed by atoms with Crippen molar-refractivity contribution in [2.24, 2.45) is 0 Å². The minimum atomic E-state index is -0.463. The van der Waals surface area contributed by atoms with Crippen molar-refractivity contribution < 1.29 is 19.5 Å². The predicted octanol–water partition coefficient (Wildman–Crippen LogP) is -0.484. The summed E-state index contributed by atoms with van der Waals surface area (Å²) in [7, 11) is 0. The molecular weight excluding hydrogens is 286 g/mol. The van der Waals surface area contributed by atoms with E-state index >= 15 is 0 Å². The molecule has 1 aromatic rings. The Kier molecular flexibility index (Phi) is 3.64. The number of nitrogens with zero attached hydrogens (tertiary/aromatic N) is 1. The van der Waals surface area contributed by atoms with Crippen LogP contribution in [0.2, 0.25) is 0 Å². The van der Waals surface area contributed by atoms with Gasteiger partial charge in [0.25, 0.3) is 11.8 Å². The number of benzene rings is 1. The highest BCUT2D eigenvalue weighted by Gasteiger charge is 2.30. The van der Waals surface area contributed by atoms with Crippen molar-refractivity contribution >= 4 is 23.4 Å². The average molecular weight is 301 g/mol. The Labute approximate surface area is 126 Å². The van der Waals surface area contributed by atoms with E-state index in [1.807, 2.05) is 6.07 Å². The minimum absolute atomic E-state index is 0.0241. The van der Waals surface area contributed by atoms with Gasteiger partial charge in [-0.15, -0.1) is 0 Å². The standard InChI is InChI=1S/C15H15N3O4/c19-4-3-18-14(21)7-12(15(18)22)17-11-2-1-9-8-16-13(20)6-10(9)5-11/h1-2,5,7,17,19H,3-4,6,8H2,(H,16,20). The fraction of sp³-hybridized carbons (Fsp3) is 0.267. The lowest BCUT2D eigenvalue weighted by atomic mass is 10.00.